The van der Waals surface area contributed by atoms with Gasteiger partial charge in [-0.3, -0.25) is 9.59 Å². The van der Waals surface area contributed by atoms with Crippen molar-refractivity contribution in [2.45, 2.75) is 128 Å². The van der Waals surface area contributed by atoms with Crippen molar-refractivity contribution in [1.82, 2.24) is 20.4 Å². The molecule has 0 bridgehead atoms. The summed E-state index contributed by atoms with van der Waals surface area (Å²) in [6.45, 7) is 15.2. The van der Waals surface area contributed by atoms with Gasteiger partial charge in [0.2, 0.25) is 0 Å². The zero-order valence-electron chi connectivity index (χ0n) is 31.8. The summed E-state index contributed by atoms with van der Waals surface area (Å²) < 4.78 is 36.4. The molecule has 5 unspecified atom stereocenters. The molecule has 0 aliphatic carbocycles. The molecule has 0 aromatic rings. The molecular weight excluding hydrogens is 636 g/mol. The number of Topliss-reactive ketones (excluding diaryl/α,β-unsaturated/α-hetero) is 1. The van der Waals surface area contributed by atoms with Crippen LogP contribution in [0.5, 0.6) is 0 Å². The third-order valence-electron chi connectivity index (χ3n) is 10.9. The predicted molar refractivity (Wildman–Crippen MR) is 183 cm³/mol. The van der Waals surface area contributed by atoms with E-state index in [1.807, 2.05) is 46.8 Å². The van der Waals surface area contributed by atoms with Crippen LogP contribution in [0.25, 0.3) is 0 Å². The number of nitrogens with zero attached hydrogens (tertiary/aromatic N) is 2. The SMILES string of the molecule is CC[C@H]1OC(=O)C(C)C(=O)[C@H](C)[C@@H](OC2OC(CN(C)CCOC)CC(N(C)C)C2O)[C@](C)(OC)C[C@@H](C)CN[C@H](C)[C@H]2NC(=O)O[C@@]21C. The van der Waals surface area contributed by atoms with Gasteiger partial charge in [-0.05, 0) is 80.6 Å². The number of ether oxygens (including phenoxy) is 6. The molecule has 0 saturated carbocycles. The van der Waals surface area contributed by atoms with Gasteiger partial charge in [-0.2, -0.15) is 0 Å². The number of methoxy groups -OCH3 is 2. The molecule has 0 spiro atoms. The van der Waals surface area contributed by atoms with Gasteiger partial charge in [0, 0.05) is 45.3 Å². The van der Waals surface area contributed by atoms with E-state index in [0.29, 0.717) is 45.5 Å². The minimum absolute atomic E-state index is 0.0152. The highest BCUT2D eigenvalue weighted by atomic mass is 16.7. The molecule has 3 heterocycles. The molecule has 49 heavy (non-hydrogen) atoms. The molecule has 0 aromatic carbocycles. The lowest BCUT2D eigenvalue weighted by Gasteiger charge is -2.47. The van der Waals surface area contributed by atoms with Crippen molar-refractivity contribution in [1.29, 1.82) is 0 Å². The number of likely N-dealkylation sites (N-methyl/N-ethyl adjacent to an activating group) is 2. The number of carbonyl (C=O) groups excluding carboxylic acids is 3. The standard InChI is InChI=1S/C35H64N4O10/c1-13-26-35(7)29(37-33(43)49-35)23(5)36-18-20(2)17-34(6,45-12)30(21(3)27(40)22(4)31(42)47-26)48-32-28(41)25(38(8)9)16-24(46-32)19-39(10)14-15-44-11/h20-26,28-30,32,36,41H,13-19H2,1-12H3,(H,37,43)/t20-,21+,22?,23-,24?,25?,26-,28?,29-,30-,32?,34-,35-/m1/s1. The van der Waals surface area contributed by atoms with E-state index >= 15 is 0 Å². The number of hydrogen-bond donors (Lipinski definition) is 3. The molecule has 3 rings (SSSR count). The topological polar surface area (TPSA) is 157 Å². The molecule has 284 valence electrons. The number of esters is 1. The van der Waals surface area contributed by atoms with Gasteiger partial charge in [0.05, 0.1) is 30.5 Å². The van der Waals surface area contributed by atoms with E-state index in [1.54, 1.807) is 28.1 Å². The second-order valence-corrected chi connectivity index (χ2v) is 15.2. The number of nitrogens with one attached hydrogen (secondary N) is 2. The van der Waals surface area contributed by atoms with Gasteiger partial charge in [-0.15, -0.1) is 0 Å². The van der Waals surface area contributed by atoms with Crippen molar-refractivity contribution < 1.29 is 47.9 Å². The first-order chi connectivity index (χ1) is 22.9. The molecule has 13 atom stereocenters. The van der Waals surface area contributed by atoms with E-state index in [1.165, 1.54) is 6.92 Å². The Morgan fingerprint density at radius 2 is 1.73 bits per heavy atom. The van der Waals surface area contributed by atoms with Crippen LogP contribution in [0.3, 0.4) is 0 Å². The zero-order chi connectivity index (χ0) is 36.8. The van der Waals surface area contributed by atoms with Crippen molar-refractivity contribution in [3.05, 3.63) is 0 Å². The summed E-state index contributed by atoms with van der Waals surface area (Å²) in [5.74, 6) is -3.11. The van der Waals surface area contributed by atoms with Crippen molar-refractivity contribution in [3.8, 4) is 0 Å². The van der Waals surface area contributed by atoms with Gasteiger partial charge in [0.15, 0.2) is 17.7 Å². The number of alkyl carbamates (subject to hydrolysis) is 1. The lowest BCUT2D eigenvalue weighted by Crippen LogP contribution is -2.60. The normalized spacial score (nSPS) is 41.4. The Morgan fingerprint density at radius 3 is 2.33 bits per heavy atom. The summed E-state index contributed by atoms with van der Waals surface area (Å²) in [5.41, 5.74) is -2.20. The van der Waals surface area contributed by atoms with Gasteiger partial charge in [-0.1, -0.05) is 20.8 Å². The fourth-order valence-electron chi connectivity index (χ4n) is 7.83. The monoisotopic (exact) mass is 700 g/mol. The second-order valence-electron chi connectivity index (χ2n) is 15.2. The third-order valence-corrected chi connectivity index (χ3v) is 10.9. The van der Waals surface area contributed by atoms with Crippen molar-refractivity contribution >= 4 is 17.8 Å². The largest absolute Gasteiger partial charge is 0.458 e. The number of hydrogen-bond acceptors (Lipinski definition) is 13. The quantitative estimate of drug-likeness (QED) is 0.224. The highest BCUT2D eigenvalue weighted by Crippen LogP contribution is 2.37. The zero-order valence-corrected chi connectivity index (χ0v) is 31.8. The Balaban J connectivity index is 2.00. The summed E-state index contributed by atoms with van der Waals surface area (Å²) in [5, 5.41) is 18.0. The molecule has 3 aliphatic heterocycles. The number of fused-ring (bicyclic) bond motifs is 1. The third kappa shape index (κ3) is 9.70. The Morgan fingerprint density at radius 1 is 1.06 bits per heavy atom. The number of rotatable bonds is 10. The highest BCUT2D eigenvalue weighted by molar-refractivity contribution is 6.00. The van der Waals surface area contributed by atoms with Crippen molar-refractivity contribution in [2.24, 2.45) is 17.8 Å². The summed E-state index contributed by atoms with van der Waals surface area (Å²) in [6, 6.07) is -1.01. The first kappa shape index (κ1) is 41.5. The molecule has 3 saturated heterocycles. The number of amides is 1. The van der Waals surface area contributed by atoms with E-state index in [-0.39, 0.29) is 24.1 Å². The van der Waals surface area contributed by atoms with Gasteiger partial charge in [-0.25, -0.2) is 4.79 Å². The van der Waals surface area contributed by atoms with Gasteiger partial charge in [0.1, 0.15) is 18.1 Å². The van der Waals surface area contributed by atoms with Crippen LogP contribution in [-0.4, -0.2) is 154 Å². The summed E-state index contributed by atoms with van der Waals surface area (Å²) >= 11 is 0. The Kier molecular flexibility index (Phi) is 14.9. The van der Waals surface area contributed by atoms with E-state index in [2.05, 4.69) is 22.5 Å². The van der Waals surface area contributed by atoms with E-state index in [0.717, 1.165) is 0 Å². The Labute approximate surface area is 293 Å². The minimum atomic E-state index is -1.16. The highest BCUT2D eigenvalue weighted by Gasteiger charge is 2.55. The van der Waals surface area contributed by atoms with Crippen LogP contribution in [0, 0.1) is 17.8 Å². The van der Waals surface area contributed by atoms with E-state index in [4.69, 9.17) is 28.4 Å². The van der Waals surface area contributed by atoms with Crippen LogP contribution < -0.4 is 10.6 Å². The van der Waals surface area contributed by atoms with Crippen molar-refractivity contribution in [2.75, 3.05) is 61.6 Å². The smallest absolute Gasteiger partial charge is 0.408 e. The lowest BCUT2D eigenvalue weighted by molar-refractivity contribution is -0.298. The van der Waals surface area contributed by atoms with Crippen LogP contribution in [0.2, 0.25) is 0 Å². The molecule has 14 heteroatoms. The van der Waals surface area contributed by atoms with Crippen LogP contribution in [0.15, 0.2) is 0 Å². The van der Waals surface area contributed by atoms with Gasteiger partial charge >= 0.3 is 12.1 Å². The van der Waals surface area contributed by atoms with Crippen LogP contribution in [0.4, 0.5) is 4.79 Å². The summed E-state index contributed by atoms with van der Waals surface area (Å²) in [7, 11) is 9.06. The first-order valence-electron chi connectivity index (χ1n) is 17.8. The molecule has 3 aliphatic rings. The Hall–Kier alpha value is -1.91. The van der Waals surface area contributed by atoms with E-state index in [9.17, 15) is 19.5 Å². The fraction of sp³-hybridized carbons (Fsp3) is 0.914. The van der Waals surface area contributed by atoms with Crippen LogP contribution in [-0.2, 0) is 38.0 Å². The number of aliphatic hydroxyl groups excluding tert-OH is 1. The molecular formula is C35H64N4O10. The van der Waals surface area contributed by atoms with Crippen LogP contribution in [0.1, 0.15) is 67.7 Å². The molecule has 14 nitrogen and oxygen atoms in total. The minimum Gasteiger partial charge on any atom is -0.458 e. The number of cyclic esters (lactones) is 1. The van der Waals surface area contributed by atoms with Crippen LogP contribution >= 0.6 is 0 Å². The molecule has 3 N–H and O–H groups in total. The predicted octanol–water partition coefficient (Wildman–Crippen LogP) is 1.81. The number of carbonyl (C=O) groups is 3. The molecule has 3 fully saturated rings. The second kappa shape index (κ2) is 17.5. The number of aliphatic hydroxyl groups is 1. The molecule has 1 amide bonds. The molecule has 0 radical (unpaired) electrons. The Bertz CT molecular complexity index is 1110. The van der Waals surface area contributed by atoms with Gasteiger partial charge < -0.3 is 54.0 Å². The number of ketones is 1. The maximum atomic E-state index is 14.2. The van der Waals surface area contributed by atoms with Crippen molar-refractivity contribution in [3.63, 3.8) is 0 Å². The summed E-state index contributed by atoms with van der Waals surface area (Å²) in [4.78, 5) is 44.5. The average molecular weight is 701 g/mol. The van der Waals surface area contributed by atoms with E-state index < -0.39 is 71.5 Å². The fourth-order valence-corrected chi connectivity index (χ4v) is 7.83. The lowest BCUT2D eigenvalue weighted by atomic mass is 9.78. The molecule has 0 aromatic heterocycles. The maximum absolute atomic E-state index is 14.2. The first-order valence-corrected chi connectivity index (χ1v) is 17.8. The average Bonchev–Trinajstić information content (AvgIpc) is 3.37. The van der Waals surface area contributed by atoms with Gasteiger partial charge in [0.25, 0.3) is 0 Å². The summed E-state index contributed by atoms with van der Waals surface area (Å²) in [6.07, 6.45) is -3.22. The maximum Gasteiger partial charge on any atom is 0.408 e.